The maximum atomic E-state index is 13.4. The molecule has 0 saturated heterocycles. The van der Waals surface area contributed by atoms with Crippen molar-refractivity contribution in [3.8, 4) is 0 Å². The zero-order chi connectivity index (χ0) is 22.0. The minimum absolute atomic E-state index is 0.117. The largest absolute Gasteiger partial charge is 0.308 e. The number of carbonyl (C=O) groups excluding carboxylic acids is 1. The van der Waals surface area contributed by atoms with Crippen molar-refractivity contribution in [1.82, 2.24) is 0 Å². The summed E-state index contributed by atoms with van der Waals surface area (Å²) < 4.78 is 28.1. The van der Waals surface area contributed by atoms with Crippen molar-refractivity contribution in [2.24, 2.45) is 0 Å². The maximum Gasteiger partial charge on any atom is 0.264 e. The standard InChI is InChI=1S/C25H26N2O3S/c1-3-27(22-14-5-4-6-15-22)31(29,30)23-16-8-12-21(18-23)25(28)26-17-9-13-20-11-7-10-19(2)24(20)26/h4-8,10-12,14-16,18H,3,9,13,17H2,1-2H3. The quantitative estimate of drug-likeness (QED) is 0.579. The fraction of sp³-hybridized carbons (Fsp3) is 0.240. The molecular formula is C25H26N2O3S. The average Bonchev–Trinajstić information content (AvgIpc) is 2.79. The highest BCUT2D eigenvalue weighted by atomic mass is 32.2. The van der Waals surface area contributed by atoms with Crippen LogP contribution in [0.15, 0.2) is 77.7 Å². The van der Waals surface area contributed by atoms with Gasteiger partial charge in [0, 0.05) is 18.7 Å². The Morgan fingerprint density at radius 1 is 1.00 bits per heavy atom. The molecule has 3 aromatic rings. The summed E-state index contributed by atoms with van der Waals surface area (Å²) in [4.78, 5) is 15.3. The predicted molar refractivity (Wildman–Crippen MR) is 124 cm³/mol. The Labute approximate surface area is 184 Å². The van der Waals surface area contributed by atoms with Crippen LogP contribution in [0.1, 0.15) is 34.8 Å². The Hall–Kier alpha value is -3.12. The molecule has 1 aliphatic heterocycles. The molecule has 6 heteroatoms. The van der Waals surface area contributed by atoms with Gasteiger partial charge in [-0.25, -0.2) is 8.42 Å². The highest BCUT2D eigenvalue weighted by Gasteiger charge is 2.28. The molecule has 1 aliphatic rings. The summed E-state index contributed by atoms with van der Waals surface area (Å²) in [7, 11) is -3.80. The van der Waals surface area contributed by atoms with Crippen LogP contribution in [0.25, 0.3) is 0 Å². The van der Waals surface area contributed by atoms with Crippen molar-refractivity contribution < 1.29 is 13.2 Å². The highest BCUT2D eigenvalue weighted by Crippen LogP contribution is 2.32. The zero-order valence-electron chi connectivity index (χ0n) is 17.8. The van der Waals surface area contributed by atoms with Crippen molar-refractivity contribution in [2.45, 2.75) is 31.6 Å². The Morgan fingerprint density at radius 3 is 2.48 bits per heavy atom. The lowest BCUT2D eigenvalue weighted by Crippen LogP contribution is -2.36. The number of amides is 1. The van der Waals surface area contributed by atoms with Crippen molar-refractivity contribution in [3.05, 3.63) is 89.5 Å². The van der Waals surface area contributed by atoms with Gasteiger partial charge in [-0.2, -0.15) is 0 Å². The van der Waals surface area contributed by atoms with Gasteiger partial charge < -0.3 is 4.90 Å². The van der Waals surface area contributed by atoms with Crippen molar-refractivity contribution in [1.29, 1.82) is 0 Å². The van der Waals surface area contributed by atoms with Crippen LogP contribution in [0.2, 0.25) is 0 Å². The van der Waals surface area contributed by atoms with E-state index in [9.17, 15) is 13.2 Å². The smallest absolute Gasteiger partial charge is 0.264 e. The van der Waals surface area contributed by atoms with Gasteiger partial charge in [0.1, 0.15) is 0 Å². The first kappa shape index (κ1) is 21.1. The van der Waals surface area contributed by atoms with Gasteiger partial charge in [-0.3, -0.25) is 9.10 Å². The molecule has 0 bridgehead atoms. The summed E-state index contributed by atoms with van der Waals surface area (Å²) in [5.74, 6) is -0.171. The second-order valence-corrected chi connectivity index (χ2v) is 9.54. The summed E-state index contributed by atoms with van der Waals surface area (Å²) in [5, 5.41) is 0. The van der Waals surface area contributed by atoms with Crippen LogP contribution in [0.3, 0.4) is 0 Å². The van der Waals surface area contributed by atoms with E-state index >= 15 is 0 Å². The number of nitrogens with zero attached hydrogens (tertiary/aromatic N) is 2. The van der Waals surface area contributed by atoms with E-state index in [1.54, 1.807) is 42.2 Å². The van der Waals surface area contributed by atoms with Gasteiger partial charge in [-0.05, 0) is 68.1 Å². The monoisotopic (exact) mass is 434 g/mol. The molecule has 160 valence electrons. The van der Waals surface area contributed by atoms with Gasteiger partial charge >= 0.3 is 0 Å². The SMILES string of the molecule is CCN(c1ccccc1)S(=O)(=O)c1cccc(C(=O)N2CCCc3cccc(C)c32)c1. The van der Waals surface area contributed by atoms with Crippen molar-refractivity contribution in [2.75, 3.05) is 22.3 Å². The molecule has 0 fully saturated rings. The predicted octanol–water partition coefficient (Wildman–Crippen LogP) is 4.80. The van der Waals surface area contributed by atoms with Crippen molar-refractivity contribution in [3.63, 3.8) is 0 Å². The van der Waals surface area contributed by atoms with E-state index in [-0.39, 0.29) is 10.8 Å². The van der Waals surface area contributed by atoms with Crippen LogP contribution in [-0.4, -0.2) is 27.4 Å². The third-order valence-corrected chi connectivity index (χ3v) is 7.56. The molecule has 0 radical (unpaired) electrons. The van der Waals surface area contributed by atoms with E-state index < -0.39 is 10.0 Å². The molecule has 3 aromatic carbocycles. The molecule has 0 spiro atoms. The van der Waals surface area contributed by atoms with Crippen LogP contribution in [-0.2, 0) is 16.4 Å². The van der Waals surface area contributed by atoms with Crippen LogP contribution in [0.4, 0.5) is 11.4 Å². The number of aryl methyl sites for hydroxylation is 2. The van der Waals surface area contributed by atoms with Crippen LogP contribution in [0, 0.1) is 6.92 Å². The fourth-order valence-electron chi connectivity index (χ4n) is 4.21. The molecule has 1 heterocycles. The van der Waals surface area contributed by atoms with Gasteiger partial charge in [0.15, 0.2) is 0 Å². The molecular weight excluding hydrogens is 408 g/mol. The molecule has 0 N–H and O–H groups in total. The van der Waals surface area contributed by atoms with E-state index in [0.29, 0.717) is 24.3 Å². The first-order valence-corrected chi connectivity index (χ1v) is 12.0. The summed E-state index contributed by atoms with van der Waals surface area (Å²) in [6.45, 7) is 4.72. The van der Waals surface area contributed by atoms with Gasteiger partial charge in [0.2, 0.25) is 0 Å². The molecule has 0 saturated carbocycles. The number of benzene rings is 3. The normalized spacial score (nSPS) is 13.5. The zero-order valence-corrected chi connectivity index (χ0v) is 18.6. The molecule has 0 aliphatic carbocycles. The van der Waals surface area contributed by atoms with Crippen LogP contribution >= 0.6 is 0 Å². The third kappa shape index (κ3) is 3.95. The summed E-state index contributed by atoms with van der Waals surface area (Å²) in [6.07, 6.45) is 1.83. The number of fused-ring (bicyclic) bond motifs is 1. The number of carbonyl (C=O) groups is 1. The Kier molecular flexibility index (Phi) is 5.83. The molecule has 0 unspecified atom stereocenters. The fourth-order valence-corrected chi connectivity index (χ4v) is 5.73. The molecule has 4 rings (SSSR count). The maximum absolute atomic E-state index is 13.4. The number of anilines is 2. The summed E-state index contributed by atoms with van der Waals surface area (Å²) in [6, 6.07) is 21.4. The van der Waals surface area contributed by atoms with Crippen molar-refractivity contribution >= 4 is 27.3 Å². The van der Waals surface area contributed by atoms with E-state index in [2.05, 4.69) is 6.07 Å². The van der Waals surface area contributed by atoms with Gasteiger partial charge in [0.05, 0.1) is 16.3 Å². The first-order valence-electron chi connectivity index (χ1n) is 10.5. The van der Waals surface area contributed by atoms with E-state index in [1.807, 2.05) is 37.3 Å². The van der Waals surface area contributed by atoms with Crippen LogP contribution < -0.4 is 9.21 Å². The number of rotatable bonds is 5. The second-order valence-electron chi connectivity index (χ2n) is 7.68. The average molecular weight is 435 g/mol. The minimum Gasteiger partial charge on any atom is -0.308 e. The Bertz CT molecular complexity index is 1210. The topological polar surface area (TPSA) is 57.7 Å². The lowest BCUT2D eigenvalue weighted by molar-refractivity contribution is 0.0984. The minimum atomic E-state index is -3.80. The first-order chi connectivity index (χ1) is 14.9. The van der Waals surface area contributed by atoms with Gasteiger partial charge in [-0.1, -0.05) is 42.5 Å². The summed E-state index contributed by atoms with van der Waals surface area (Å²) >= 11 is 0. The lowest BCUT2D eigenvalue weighted by atomic mass is 9.97. The van der Waals surface area contributed by atoms with Crippen LogP contribution in [0.5, 0.6) is 0 Å². The van der Waals surface area contributed by atoms with Gasteiger partial charge in [-0.15, -0.1) is 0 Å². The highest BCUT2D eigenvalue weighted by molar-refractivity contribution is 7.92. The molecule has 0 aromatic heterocycles. The van der Waals surface area contributed by atoms with E-state index in [4.69, 9.17) is 0 Å². The second kappa shape index (κ2) is 8.55. The molecule has 5 nitrogen and oxygen atoms in total. The Balaban J connectivity index is 1.71. The van der Waals surface area contributed by atoms with E-state index in [0.717, 1.165) is 29.7 Å². The number of hydrogen-bond acceptors (Lipinski definition) is 3. The molecule has 31 heavy (non-hydrogen) atoms. The number of para-hydroxylation sites is 2. The number of sulfonamides is 1. The molecule has 0 atom stereocenters. The third-order valence-electron chi connectivity index (χ3n) is 5.66. The summed E-state index contributed by atoms with van der Waals surface area (Å²) in [5.41, 5.74) is 4.13. The Morgan fingerprint density at radius 2 is 1.74 bits per heavy atom. The van der Waals surface area contributed by atoms with E-state index in [1.165, 1.54) is 10.4 Å². The number of hydrogen-bond donors (Lipinski definition) is 0. The van der Waals surface area contributed by atoms with Gasteiger partial charge in [0.25, 0.3) is 15.9 Å². The lowest BCUT2D eigenvalue weighted by Gasteiger charge is -2.31. The molecule has 1 amide bonds.